The highest BCUT2D eigenvalue weighted by Crippen LogP contribution is 2.16. The number of carbonyl (C=O) groups is 2. The lowest BCUT2D eigenvalue weighted by molar-refractivity contribution is -0.125. The Morgan fingerprint density at radius 3 is 2.44 bits per heavy atom. The van der Waals surface area contributed by atoms with Gasteiger partial charge in [-0.25, -0.2) is 0 Å². The molecule has 0 aliphatic heterocycles. The zero-order chi connectivity index (χ0) is 13.9. The summed E-state index contributed by atoms with van der Waals surface area (Å²) in [6.07, 6.45) is 0. The fraction of sp³-hybridized carbons (Fsp3) is 0.429. The molecule has 0 heterocycles. The van der Waals surface area contributed by atoms with Gasteiger partial charge in [0.25, 0.3) is 5.91 Å². The number of halogens is 1. The smallest absolute Gasteiger partial charge is 0.251 e. The molecule has 4 heteroatoms. The lowest BCUT2D eigenvalue weighted by Crippen LogP contribution is -2.35. The highest BCUT2D eigenvalue weighted by molar-refractivity contribution is 9.10. The van der Waals surface area contributed by atoms with Crippen molar-refractivity contribution in [1.82, 2.24) is 5.32 Å². The van der Waals surface area contributed by atoms with Crippen molar-refractivity contribution in [2.24, 2.45) is 5.41 Å². The summed E-state index contributed by atoms with van der Waals surface area (Å²) < 4.78 is 0.848. The summed E-state index contributed by atoms with van der Waals surface area (Å²) >= 11 is 3.33. The summed E-state index contributed by atoms with van der Waals surface area (Å²) in [4.78, 5) is 23.7. The van der Waals surface area contributed by atoms with Gasteiger partial charge in [-0.3, -0.25) is 9.59 Å². The molecule has 0 atom stereocenters. The van der Waals surface area contributed by atoms with Crippen LogP contribution in [0.2, 0.25) is 0 Å². The van der Waals surface area contributed by atoms with Gasteiger partial charge in [0.05, 0.1) is 6.54 Å². The average molecular weight is 312 g/mol. The number of hydrogen-bond acceptors (Lipinski definition) is 2. The van der Waals surface area contributed by atoms with Crippen molar-refractivity contribution in [1.29, 1.82) is 0 Å². The van der Waals surface area contributed by atoms with Crippen LogP contribution >= 0.6 is 15.9 Å². The Labute approximate surface area is 116 Å². The molecule has 1 N–H and O–H groups in total. The second kappa shape index (κ2) is 5.65. The lowest BCUT2D eigenvalue weighted by Gasteiger charge is -2.17. The van der Waals surface area contributed by atoms with E-state index in [0.717, 1.165) is 10.0 Å². The van der Waals surface area contributed by atoms with Crippen molar-refractivity contribution in [3.8, 4) is 0 Å². The number of Topliss-reactive ketones (excluding diaryl/α,β-unsaturated/α-hetero) is 1. The van der Waals surface area contributed by atoms with Gasteiger partial charge in [-0.15, -0.1) is 0 Å². The lowest BCUT2D eigenvalue weighted by atomic mass is 9.91. The third kappa shape index (κ3) is 3.95. The van der Waals surface area contributed by atoms with Crippen molar-refractivity contribution in [2.45, 2.75) is 27.7 Å². The first-order valence-electron chi connectivity index (χ1n) is 5.79. The molecule has 0 bridgehead atoms. The molecule has 0 aromatic heterocycles. The number of carbonyl (C=O) groups excluding carboxylic acids is 2. The van der Waals surface area contributed by atoms with Crippen molar-refractivity contribution < 1.29 is 9.59 Å². The van der Waals surface area contributed by atoms with E-state index in [1.807, 2.05) is 39.8 Å². The maximum atomic E-state index is 12.0. The van der Waals surface area contributed by atoms with E-state index in [0.29, 0.717) is 5.56 Å². The molecule has 1 amide bonds. The minimum Gasteiger partial charge on any atom is -0.345 e. The molecule has 18 heavy (non-hydrogen) atoms. The Morgan fingerprint density at radius 2 is 1.89 bits per heavy atom. The molecule has 0 saturated carbocycles. The fourth-order valence-corrected chi connectivity index (χ4v) is 1.72. The van der Waals surface area contributed by atoms with Gasteiger partial charge in [0.15, 0.2) is 5.78 Å². The summed E-state index contributed by atoms with van der Waals surface area (Å²) in [5.74, 6) is -0.199. The van der Waals surface area contributed by atoms with E-state index < -0.39 is 5.41 Å². The summed E-state index contributed by atoms with van der Waals surface area (Å²) in [5.41, 5.74) is 1.05. The molecule has 0 saturated heterocycles. The minimum absolute atomic E-state index is 0.0171. The molecular formula is C14H18BrNO2. The van der Waals surface area contributed by atoms with Crippen LogP contribution in [0.25, 0.3) is 0 Å². The SMILES string of the molecule is Cc1ccc(Br)cc1C(=O)NCC(=O)C(C)(C)C. The van der Waals surface area contributed by atoms with Crippen LogP contribution in [0.1, 0.15) is 36.7 Å². The van der Waals surface area contributed by atoms with Gasteiger partial charge >= 0.3 is 0 Å². The van der Waals surface area contributed by atoms with E-state index in [1.165, 1.54) is 0 Å². The zero-order valence-corrected chi connectivity index (χ0v) is 12.7. The van der Waals surface area contributed by atoms with Crippen molar-refractivity contribution in [3.05, 3.63) is 33.8 Å². The van der Waals surface area contributed by atoms with Crippen LogP contribution in [0.15, 0.2) is 22.7 Å². The predicted molar refractivity (Wildman–Crippen MR) is 75.7 cm³/mol. The van der Waals surface area contributed by atoms with Crippen LogP contribution in [0.4, 0.5) is 0 Å². The zero-order valence-electron chi connectivity index (χ0n) is 11.1. The van der Waals surface area contributed by atoms with Crippen LogP contribution in [0, 0.1) is 12.3 Å². The second-order valence-electron chi connectivity index (χ2n) is 5.32. The summed E-state index contributed by atoms with van der Waals surface area (Å²) in [6.45, 7) is 7.45. The molecule has 0 fully saturated rings. The molecule has 98 valence electrons. The maximum absolute atomic E-state index is 12.0. The van der Waals surface area contributed by atoms with Crippen molar-refractivity contribution in [2.75, 3.05) is 6.54 Å². The number of aryl methyl sites for hydroxylation is 1. The Balaban J connectivity index is 2.72. The van der Waals surface area contributed by atoms with Gasteiger partial charge in [-0.2, -0.15) is 0 Å². The van der Waals surface area contributed by atoms with E-state index in [4.69, 9.17) is 0 Å². The van der Waals surface area contributed by atoms with E-state index in [9.17, 15) is 9.59 Å². The Kier molecular flexibility index (Phi) is 4.68. The average Bonchev–Trinajstić information content (AvgIpc) is 2.27. The maximum Gasteiger partial charge on any atom is 0.251 e. The number of hydrogen-bond donors (Lipinski definition) is 1. The summed E-state index contributed by atoms with van der Waals surface area (Å²) in [7, 11) is 0. The number of ketones is 1. The fourth-order valence-electron chi connectivity index (χ4n) is 1.36. The van der Waals surface area contributed by atoms with E-state index in [2.05, 4.69) is 21.2 Å². The highest BCUT2D eigenvalue weighted by Gasteiger charge is 2.21. The normalized spacial score (nSPS) is 11.2. The van der Waals surface area contributed by atoms with Crippen LogP contribution in [-0.2, 0) is 4.79 Å². The summed E-state index contributed by atoms with van der Waals surface area (Å²) in [6, 6.07) is 5.50. The van der Waals surface area contributed by atoms with E-state index in [-0.39, 0.29) is 18.2 Å². The highest BCUT2D eigenvalue weighted by atomic mass is 79.9. The van der Waals surface area contributed by atoms with E-state index in [1.54, 1.807) is 6.07 Å². The number of nitrogens with one attached hydrogen (secondary N) is 1. The Morgan fingerprint density at radius 1 is 1.28 bits per heavy atom. The first-order chi connectivity index (χ1) is 8.21. The van der Waals surface area contributed by atoms with E-state index >= 15 is 0 Å². The van der Waals surface area contributed by atoms with Crippen LogP contribution in [-0.4, -0.2) is 18.2 Å². The molecule has 3 nitrogen and oxygen atoms in total. The van der Waals surface area contributed by atoms with Crippen molar-refractivity contribution >= 4 is 27.6 Å². The van der Waals surface area contributed by atoms with Crippen LogP contribution < -0.4 is 5.32 Å². The molecule has 0 radical (unpaired) electrons. The van der Waals surface area contributed by atoms with Crippen molar-refractivity contribution in [3.63, 3.8) is 0 Å². The van der Waals surface area contributed by atoms with Gasteiger partial charge < -0.3 is 5.32 Å². The largest absolute Gasteiger partial charge is 0.345 e. The summed E-state index contributed by atoms with van der Waals surface area (Å²) in [5, 5.41) is 2.66. The van der Waals surface area contributed by atoms with Gasteiger partial charge in [0.2, 0.25) is 0 Å². The van der Waals surface area contributed by atoms with Crippen LogP contribution in [0.3, 0.4) is 0 Å². The quantitative estimate of drug-likeness (QED) is 0.932. The monoisotopic (exact) mass is 311 g/mol. The third-order valence-electron chi connectivity index (χ3n) is 2.69. The Bertz CT molecular complexity index is 475. The number of rotatable bonds is 3. The topological polar surface area (TPSA) is 46.2 Å². The molecule has 1 rings (SSSR count). The second-order valence-corrected chi connectivity index (χ2v) is 6.23. The third-order valence-corrected chi connectivity index (χ3v) is 3.18. The first-order valence-corrected chi connectivity index (χ1v) is 6.59. The van der Waals surface area contributed by atoms with Gasteiger partial charge in [0, 0.05) is 15.5 Å². The molecule has 0 aliphatic rings. The molecular weight excluding hydrogens is 294 g/mol. The molecule has 0 aliphatic carbocycles. The van der Waals surface area contributed by atoms with Crippen LogP contribution in [0.5, 0.6) is 0 Å². The molecule has 1 aromatic rings. The first kappa shape index (κ1) is 14.9. The number of benzene rings is 1. The minimum atomic E-state index is -0.431. The molecule has 1 aromatic carbocycles. The van der Waals surface area contributed by atoms with Gasteiger partial charge in [0.1, 0.15) is 0 Å². The predicted octanol–water partition coefficient (Wildman–Crippen LogP) is 3.10. The van der Waals surface area contributed by atoms with Gasteiger partial charge in [-0.05, 0) is 24.6 Å². The Hall–Kier alpha value is -1.16. The van der Waals surface area contributed by atoms with Gasteiger partial charge in [-0.1, -0.05) is 42.8 Å². The number of amides is 1. The molecule has 0 unspecified atom stereocenters. The molecule has 0 spiro atoms. The standard InChI is InChI=1S/C14H18BrNO2/c1-9-5-6-10(15)7-11(9)13(18)16-8-12(17)14(2,3)4/h5-7H,8H2,1-4H3,(H,16,18).